The molecular weight excluding hydrogens is 409 g/mol. The summed E-state index contributed by atoms with van der Waals surface area (Å²) in [5.41, 5.74) is 1.80. The smallest absolute Gasteiger partial charge is 0.254 e. The number of carbonyl (C=O) groups excluding carboxylic acids is 2. The van der Waals surface area contributed by atoms with Gasteiger partial charge in [0.1, 0.15) is 5.82 Å². The highest BCUT2D eigenvalue weighted by atomic mass is 19.1. The van der Waals surface area contributed by atoms with E-state index in [9.17, 15) is 14.0 Å². The first-order valence-electron chi connectivity index (χ1n) is 11.4. The van der Waals surface area contributed by atoms with Crippen LogP contribution in [0.25, 0.3) is 0 Å². The number of likely N-dealkylation sites (tertiary alicyclic amines) is 2. The molecule has 0 aliphatic carbocycles. The van der Waals surface area contributed by atoms with E-state index in [2.05, 4.69) is 20.2 Å². The van der Waals surface area contributed by atoms with E-state index < -0.39 is 0 Å². The molecule has 1 unspecified atom stereocenters. The monoisotopic (exact) mass is 439 g/mol. The summed E-state index contributed by atoms with van der Waals surface area (Å²) in [6, 6.07) is 5.86. The first kappa shape index (κ1) is 22.3. The van der Waals surface area contributed by atoms with Crippen LogP contribution < -0.4 is 5.32 Å². The molecule has 8 heteroatoms. The van der Waals surface area contributed by atoms with Gasteiger partial charge in [-0.1, -0.05) is 12.1 Å². The molecule has 2 aromatic rings. The molecule has 0 radical (unpaired) electrons. The number of aromatic nitrogens is 2. The zero-order valence-electron chi connectivity index (χ0n) is 18.5. The second-order valence-electron chi connectivity index (χ2n) is 8.62. The zero-order valence-corrected chi connectivity index (χ0v) is 18.5. The third-order valence-corrected chi connectivity index (χ3v) is 6.29. The van der Waals surface area contributed by atoms with E-state index in [1.165, 1.54) is 12.1 Å². The van der Waals surface area contributed by atoms with Crippen molar-refractivity contribution in [3.8, 4) is 0 Å². The van der Waals surface area contributed by atoms with Crippen LogP contribution in [0.15, 0.2) is 30.5 Å². The van der Waals surface area contributed by atoms with Crippen LogP contribution in [0.4, 0.5) is 4.39 Å². The van der Waals surface area contributed by atoms with Gasteiger partial charge in [-0.3, -0.25) is 14.5 Å². The van der Waals surface area contributed by atoms with Crippen molar-refractivity contribution in [3.05, 3.63) is 58.9 Å². The molecular formula is C24H30FN5O2. The SMILES string of the molecule is Cc1nc(C2CCCCN2C(=O)CN2CCCC2)ncc1C(=O)NCc1ccc(F)cc1. The predicted molar refractivity (Wildman–Crippen MR) is 118 cm³/mol. The molecule has 2 aliphatic heterocycles. The van der Waals surface area contributed by atoms with Gasteiger partial charge in [-0.25, -0.2) is 14.4 Å². The van der Waals surface area contributed by atoms with E-state index in [0.717, 1.165) is 57.3 Å². The maximum atomic E-state index is 13.0. The minimum absolute atomic E-state index is 0.138. The van der Waals surface area contributed by atoms with Gasteiger partial charge in [-0.15, -0.1) is 0 Å². The van der Waals surface area contributed by atoms with Crippen molar-refractivity contribution < 1.29 is 14.0 Å². The molecule has 2 aliphatic rings. The molecule has 2 fully saturated rings. The number of hydrogen-bond donors (Lipinski definition) is 1. The third-order valence-electron chi connectivity index (χ3n) is 6.29. The highest BCUT2D eigenvalue weighted by Gasteiger charge is 2.31. The Hall–Kier alpha value is -2.87. The van der Waals surface area contributed by atoms with Crippen molar-refractivity contribution in [1.82, 2.24) is 25.1 Å². The molecule has 0 spiro atoms. The number of hydrogen-bond acceptors (Lipinski definition) is 5. The summed E-state index contributed by atoms with van der Waals surface area (Å²) in [6.45, 7) is 5.24. The van der Waals surface area contributed by atoms with E-state index in [-0.39, 0.29) is 23.7 Å². The maximum absolute atomic E-state index is 13.0. The molecule has 170 valence electrons. The summed E-state index contributed by atoms with van der Waals surface area (Å²) in [5.74, 6) is 0.158. The number of benzene rings is 1. The molecule has 1 N–H and O–H groups in total. The van der Waals surface area contributed by atoms with Crippen molar-refractivity contribution in [3.63, 3.8) is 0 Å². The van der Waals surface area contributed by atoms with Crippen LogP contribution in [-0.4, -0.2) is 57.8 Å². The second kappa shape index (κ2) is 10.2. The van der Waals surface area contributed by atoms with Crippen LogP contribution in [0.3, 0.4) is 0 Å². The molecule has 7 nitrogen and oxygen atoms in total. The highest BCUT2D eigenvalue weighted by molar-refractivity contribution is 5.94. The predicted octanol–water partition coefficient (Wildman–Crippen LogP) is 3.00. The molecule has 4 rings (SSSR count). The van der Waals surface area contributed by atoms with E-state index in [1.54, 1.807) is 25.3 Å². The summed E-state index contributed by atoms with van der Waals surface area (Å²) >= 11 is 0. The lowest BCUT2D eigenvalue weighted by Crippen LogP contribution is -2.44. The van der Waals surface area contributed by atoms with Crippen LogP contribution in [0.5, 0.6) is 0 Å². The quantitative estimate of drug-likeness (QED) is 0.749. The first-order valence-corrected chi connectivity index (χ1v) is 11.4. The van der Waals surface area contributed by atoms with Gasteiger partial charge in [0.15, 0.2) is 5.82 Å². The van der Waals surface area contributed by atoms with Gasteiger partial charge >= 0.3 is 0 Å². The Labute approximate surface area is 188 Å². The average Bonchev–Trinajstić information content (AvgIpc) is 3.31. The fourth-order valence-electron chi connectivity index (χ4n) is 4.47. The van der Waals surface area contributed by atoms with Gasteiger partial charge < -0.3 is 10.2 Å². The third kappa shape index (κ3) is 5.30. The minimum atomic E-state index is -0.310. The molecule has 32 heavy (non-hydrogen) atoms. The Morgan fingerprint density at radius 2 is 1.81 bits per heavy atom. The van der Waals surface area contributed by atoms with E-state index in [0.29, 0.717) is 30.2 Å². The van der Waals surface area contributed by atoms with Crippen LogP contribution >= 0.6 is 0 Å². The normalized spacial score (nSPS) is 19.2. The molecule has 1 atom stereocenters. The topological polar surface area (TPSA) is 78.4 Å². The molecule has 2 amide bonds. The number of nitrogens with one attached hydrogen (secondary N) is 1. The van der Waals surface area contributed by atoms with Crippen LogP contribution in [0.2, 0.25) is 0 Å². The van der Waals surface area contributed by atoms with Crippen molar-refractivity contribution in [2.45, 2.75) is 51.6 Å². The largest absolute Gasteiger partial charge is 0.348 e. The van der Waals surface area contributed by atoms with Crippen molar-refractivity contribution in [2.75, 3.05) is 26.2 Å². The van der Waals surface area contributed by atoms with Gasteiger partial charge in [0.2, 0.25) is 5.91 Å². The number of nitrogens with zero attached hydrogens (tertiary/aromatic N) is 4. The van der Waals surface area contributed by atoms with Gasteiger partial charge in [-0.2, -0.15) is 0 Å². The standard InChI is InChI=1S/C24H30FN5O2/c1-17-20(24(32)27-14-18-7-9-19(25)10-8-18)15-26-23(28-17)21-6-2-3-13-30(21)22(31)16-29-11-4-5-12-29/h7-10,15,21H,2-6,11-14,16H2,1H3,(H,27,32). The number of carbonyl (C=O) groups is 2. The summed E-state index contributed by atoms with van der Waals surface area (Å²) in [6.07, 6.45) is 6.72. The van der Waals surface area contributed by atoms with Gasteiger partial charge in [0.25, 0.3) is 5.91 Å². The highest BCUT2D eigenvalue weighted by Crippen LogP contribution is 2.29. The van der Waals surface area contributed by atoms with Crippen LogP contribution in [0, 0.1) is 12.7 Å². The molecule has 3 heterocycles. The van der Waals surface area contributed by atoms with Crippen molar-refractivity contribution >= 4 is 11.8 Å². The molecule has 0 bridgehead atoms. The Morgan fingerprint density at radius 3 is 2.53 bits per heavy atom. The Bertz CT molecular complexity index is 959. The van der Waals surface area contributed by atoms with E-state index in [1.807, 2.05) is 4.90 Å². The number of halogens is 1. The number of piperidine rings is 1. The summed E-state index contributed by atoms with van der Waals surface area (Å²) in [7, 11) is 0. The van der Waals surface area contributed by atoms with Gasteiger partial charge in [0.05, 0.1) is 23.8 Å². The van der Waals surface area contributed by atoms with Crippen LogP contribution in [0.1, 0.15) is 65.6 Å². The maximum Gasteiger partial charge on any atom is 0.254 e. The summed E-state index contributed by atoms with van der Waals surface area (Å²) < 4.78 is 13.0. The molecule has 2 saturated heterocycles. The Morgan fingerprint density at radius 1 is 1.09 bits per heavy atom. The van der Waals surface area contributed by atoms with Gasteiger partial charge in [0, 0.05) is 19.3 Å². The Kier molecular flexibility index (Phi) is 7.09. The second-order valence-corrected chi connectivity index (χ2v) is 8.62. The van der Waals surface area contributed by atoms with E-state index >= 15 is 0 Å². The molecule has 1 aromatic heterocycles. The average molecular weight is 440 g/mol. The molecule has 0 saturated carbocycles. The zero-order chi connectivity index (χ0) is 22.5. The fourth-order valence-corrected chi connectivity index (χ4v) is 4.47. The molecule has 1 aromatic carbocycles. The minimum Gasteiger partial charge on any atom is -0.348 e. The van der Waals surface area contributed by atoms with Crippen LogP contribution in [-0.2, 0) is 11.3 Å². The lowest BCUT2D eigenvalue weighted by atomic mass is 10.0. The van der Waals surface area contributed by atoms with E-state index in [4.69, 9.17) is 0 Å². The summed E-state index contributed by atoms with van der Waals surface area (Å²) in [4.78, 5) is 38.8. The first-order chi connectivity index (χ1) is 15.5. The number of rotatable bonds is 6. The fraction of sp³-hybridized carbons (Fsp3) is 0.500. The summed E-state index contributed by atoms with van der Waals surface area (Å²) in [5, 5.41) is 2.83. The lowest BCUT2D eigenvalue weighted by Gasteiger charge is -2.35. The van der Waals surface area contributed by atoms with Gasteiger partial charge in [-0.05, 0) is 69.8 Å². The van der Waals surface area contributed by atoms with Crippen molar-refractivity contribution in [1.29, 1.82) is 0 Å². The van der Waals surface area contributed by atoms with Crippen molar-refractivity contribution in [2.24, 2.45) is 0 Å². The number of aryl methyl sites for hydroxylation is 1. The Balaban J connectivity index is 1.42. The number of amides is 2. The lowest BCUT2D eigenvalue weighted by molar-refractivity contribution is -0.136.